The molecule has 0 fully saturated rings. The third kappa shape index (κ3) is 4.04. The van der Waals surface area contributed by atoms with E-state index in [1.165, 1.54) is 0 Å². The summed E-state index contributed by atoms with van der Waals surface area (Å²) in [5.74, 6) is -0.556. The van der Waals surface area contributed by atoms with Crippen LogP contribution in [-0.4, -0.2) is 38.5 Å². The van der Waals surface area contributed by atoms with E-state index < -0.39 is 29.3 Å². The van der Waals surface area contributed by atoms with Gasteiger partial charge in [-0.05, 0) is 20.8 Å². The Labute approximate surface area is 114 Å². The molecule has 0 aliphatic heterocycles. The number of aromatic nitrogens is 2. The quantitative estimate of drug-likeness (QED) is 0.709. The fourth-order valence-electron chi connectivity index (χ4n) is 1.44. The molecular formula is C11H18N4O5. The number of hydrogen-bond acceptors (Lipinski definition) is 5. The molecule has 0 radical (unpaired) electrons. The van der Waals surface area contributed by atoms with E-state index in [1.54, 1.807) is 20.8 Å². The highest BCUT2D eigenvalue weighted by atomic mass is 16.6. The number of imidazole rings is 1. The molecule has 20 heavy (non-hydrogen) atoms. The molecule has 0 atom stereocenters. The van der Waals surface area contributed by atoms with Gasteiger partial charge in [0, 0.05) is 13.1 Å². The third-order valence-corrected chi connectivity index (χ3v) is 2.18. The van der Waals surface area contributed by atoms with Gasteiger partial charge < -0.3 is 20.9 Å². The predicted octanol–water partition coefficient (Wildman–Crippen LogP) is -0.193. The molecule has 0 unspecified atom stereocenters. The number of primary amides is 1. The maximum absolute atomic E-state index is 11.7. The number of ether oxygens (including phenoxy) is 1. The number of rotatable bonds is 3. The monoisotopic (exact) mass is 286 g/mol. The van der Waals surface area contributed by atoms with Gasteiger partial charge in [-0.25, -0.2) is 14.4 Å². The lowest BCUT2D eigenvalue weighted by Crippen LogP contribution is -2.37. The lowest BCUT2D eigenvalue weighted by molar-refractivity contribution is 0.0526. The minimum Gasteiger partial charge on any atom is -0.493 e. The maximum Gasteiger partial charge on any atom is 0.407 e. The van der Waals surface area contributed by atoms with Crippen molar-refractivity contribution in [2.75, 3.05) is 6.54 Å². The third-order valence-electron chi connectivity index (χ3n) is 2.18. The Hall–Kier alpha value is -2.45. The van der Waals surface area contributed by atoms with Crippen molar-refractivity contribution in [3.63, 3.8) is 0 Å². The lowest BCUT2D eigenvalue weighted by Gasteiger charge is -2.19. The number of carbonyl (C=O) groups is 2. The van der Waals surface area contributed by atoms with Crippen LogP contribution in [0.1, 0.15) is 20.8 Å². The molecule has 0 bridgehead atoms. The standard InChI is InChI=1S/C11H18N4O5/c1-11(2,3)20-9(18)13-4-5-14-6-7(16)15(8(12)17)10(14)19/h6,16H,4-5H2,1-3H3,(H2,12,17)(H,13,18). The number of nitrogens with one attached hydrogen (secondary N) is 1. The fraction of sp³-hybridized carbons (Fsp3) is 0.545. The Bertz CT molecular complexity index is 566. The number of alkyl carbamates (subject to hydrolysis) is 1. The summed E-state index contributed by atoms with van der Waals surface area (Å²) < 4.78 is 6.48. The molecule has 9 nitrogen and oxygen atoms in total. The van der Waals surface area contributed by atoms with Gasteiger partial charge in [0.05, 0.1) is 6.20 Å². The molecule has 1 rings (SSSR count). The van der Waals surface area contributed by atoms with Gasteiger partial charge in [-0.3, -0.25) is 4.57 Å². The molecule has 0 saturated heterocycles. The van der Waals surface area contributed by atoms with Crippen LogP contribution in [0.4, 0.5) is 9.59 Å². The Kier molecular flexibility index (Phi) is 4.43. The molecule has 112 valence electrons. The van der Waals surface area contributed by atoms with Gasteiger partial charge in [0.15, 0.2) is 0 Å². The van der Waals surface area contributed by atoms with Gasteiger partial charge in [-0.2, -0.15) is 4.57 Å². The number of aromatic hydroxyl groups is 1. The molecule has 0 aromatic carbocycles. The Morgan fingerprint density at radius 2 is 2.05 bits per heavy atom. The van der Waals surface area contributed by atoms with Crippen molar-refractivity contribution in [1.29, 1.82) is 0 Å². The van der Waals surface area contributed by atoms with E-state index in [-0.39, 0.29) is 13.1 Å². The fourth-order valence-corrected chi connectivity index (χ4v) is 1.44. The van der Waals surface area contributed by atoms with E-state index >= 15 is 0 Å². The van der Waals surface area contributed by atoms with E-state index in [9.17, 15) is 19.5 Å². The van der Waals surface area contributed by atoms with E-state index in [1.807, 2.05) is 0 Å². The van der Waals surface area contributed by atoms with Crippen molar-refractivity contribution < 1.29 is 19.4 Å². The number of nitrogens with zero attached hydrogens (tertiary/aromatic N) is 2. The molecule has 0 saturated carbocycles. The van der Waals surface area contributed by atoms with E-state index in [0.717, 1.165) is 10.8 Å². The van der Waals surface area contributed by atoms with Crippen LogP contribution >= 0.6 is 0 Å². The summed E-state index contributed by atoms with van der Waals surface area (Å²) in [5.41, 5.74) is 3.54. The first-order valence-electron chi connectivity index (χ1n) is 5.89. The van der Waals surface area contributed by atoms with Gasteiger partial charge in [0.25, 0.3) is 0 Å². The highest BCUT2D eigenvalue weighted by Crippen LogP contribution is 2.06. The molecule has 0 spiro atoms. The van der Waals surface area contributed by atoms with E-state index in [2.05, 4.69) is 5.32 Å². The number of hydrogen-bond donors (Lipinski definition) is 3. The predicted molar refractivity (Wildman–Crippen MR) is 69.6 cm³/mol. The first-order valence-corrected chi connectivity index (χ1v) is 5.89. The van der Waals surface area contributed by atoms with Crippen LogP contribution in [0.5, 0.6) is 5.88 Å². The first-order chi connectivity index (χ1) is 9.11. The van der Waals surface area contributed by atoms with Gasteiger partial charge in [-0.15, -0.1) is 0 Å². The highest BCUT2D eigenvalue weighted by Gasteiger charge is 2.17. The molecule has 2 amide bonds. The van der Waals surface area contributed by atoms with Crippen molar-refractivity contribution in [2.24, 2.45) is 5.73 Å². The normalized spacial score (nSPS) is 11.2. The van der Waals surface area contributed by atoms with Crippen LogP contribution in [0, 0.1) is 0 Å². The highest BCUT2D eigenvalue weighted by molar-refractivity contribution is 5.75. The van der Waals surface area contributed by atoms with Crippen molar-refractivity contribution in [3.05, 3.63) is 16.7 Å². The van der Waals surface area contributed by atoms with Crippen LogP contribution in [0.2, 0.25) is 0 Å². The van der Waals surface area contributed by atoms with Crippen LogP contribution in [0.15, 0.2) is 11.0 Å². The largest absolute Gasteiger partial charge is 0.493 e. The van der Waals surface area contributed by atoms with Crippen molar-refractivity contribution in [2.45, 2.75) is 32.9 Å². The average Bonchev–Trinajstić information content (AvgIpc) is 2.51. The first kappa shape index (κ1) is 15.6. The topological polar surface area (TPSA) is 129 Å². The number of amides is 2. The van der Waals surface area contributed by atoms with Gasteiger partial charge in [-0.1, -0.05) is 0 Å². The smallest absolute Gasteiger partial charge is 0.407 e. The summed E-state index contributed by atoms with van der Waals surface area (Å²) in [6, 6.07) is -1.08. The van der Waals surface area contributed by atoms with Gasteiger partial charge in [0.1, 0.15) is 5.60 Å². The Balaban J connectivity index is 2.60. The second-order valence-electron chi connectivity index (χ2n) is 5.07. The van der Waals surface area contributed by atoms with Gasteiger partial charge in [0.2, 0.25) is 5.88 Å². The van der Waals surface area contributed by atoms with Crippen LogP contribution in [0.3, 0.4) is 0 Å². The summed E-state index contributed by atoms with van der Waals surface area (Å²) in [6.45, 7) is 5.33. The maximum atomic E-state index is 11.7. The van der Waals surface area contributed by atoms with Crippen LogP contribution in [-0.2, 0) is 11.3 Å². The average molecular weight is 286 g/mol. The van der Waals surface area contributed by atoms with E-state index in [0.29, 0.717) is 4.57 Å². The second kappa shape index (κ2) is 5.68. The van der Waals surface area contributed by atoms with Crippen molar-refractivity contribution in [3.8, 4) is 5.88 Å². The number of carbonyl (C=O) groups excluding carboxylic acids is 2. The van der Waals surface area contributed by atoms with Crippen LogP contribution < -0.4 is 16.7 Å². The Morgan fingerprint density at radius 1 is 1.45 bits per heavy atom. The molecular weight excluding hydrogens is 268 g/mol. The lowest BCUT2D eigenvalue weighted by atomic mass is 10.2. The molecule has 4 N–H and O–H groups in total. The summed E-state index contributed by atoms with van der Waals surface area (Å²) in [7, 11) is 0. The molecule has 1 aromatic heterocycles. The SMILES string of the molecule is CC(C)(C)OC(=O)NCCn1cc(O)n(C(N)=O)c1=O. The van der Waals surface area contributed by atoms with Crippen molar-refractivity contribution >= 4 is 12.1 Å². The number of nitrogens with two attached hydrogens (primary N) is 1. The zero-order valence-electron chi connectivity index (χ0n) is 11.5. The zero-order chi connectivity index (χ0) is 15.5. The summed E-state index contributed by atoms with van der Waals surface area (Å²) >= 11 is 0. The molecule has 0 aliphatic rings. The molecule has 9 heteroatoms. The molecule has 1 heterocycles. The zero-order valence-corrected chi connectivity index (χ0v) is 11.5. The summed E-state index contributed by atoms with van der Waals surface area (Å²) in [6.07, 6.45) is 0.438. The van der Waals surface area contributed by atoms with Crippen LogP contribution in [0.25, 0.3) is 0 Å². The summed E-state index contributed by atoms with van der Waals surface area (Å²) in [4.78, 5) is 33.9. The van der Waals surface area contributed by atoms with Gasteiger partial charge >= 0.3 is 17.8 Å². The van der Waals surface area contributed by atoms with E-state index in [4.69, 9.17) is 10.5 Å². The Morgan fingerprint density at radius 3 is 2.50 bits per heavy atom. The molecule has 1 aromatic rings. The second-order valence-corrected chi connectivity index (χ2v) is 5.07. The minimum atomic E-state index is -1.08. The molecule has 0 aliphatic carbocycles. The summed E-state index contributed by atoms with van der Waals surface area (Å²) in [5, 5.41) is 11.8. The minimum absolute atomic E-state index is 0.0614. The van der Waals surface area contributed by atoms with Crippen molar-refractivity contribution in [1.82, 2.24) is 14.5 Å².